The van der Waals surface area contributed by atoms with Gasteiger partial charge in [-0.05, 0) is 39.8 Å². The summed E-state index contributed by atoms with van der Waals surface area (Å²) in [5.74, 6) is 0.0832. The van der Waals surface area contributed by atoms with Crippen LogP contribution in [0.3, 0.4) is 0 Å². The van der Waals surface area contributed by atoms with Gasteiger partial charge in [0.15, 0.2) is 11.3 Å². The van der Waals surface area contributed by atoms with Gasteiger partial charge in [0, 0.05) is 24.3 Å². The highest BCUT2D eigenvalue weighted by Crippen LogP contribution is 2.25. The fraction of sp³-hybridized carbons (Fsp3) is 0.500. The minimum absolute atomic E-state index is 0.0120. The van der Waals surface area contributed by atoms with Gasteiger partial charge in [0.2, 0.25) is 0 Å². The quantitative estimate of drug-likeness (QED) is 0.819. The Morgan fingerprint density at radius 3 is 2.50 bits per heavy atom. The number of benzene rings is 1. The summed E-state index contributed by atoms with van der Waals surface area (Å²) >= 11 is 0. The van der Waals surface area contributed by atoms with E-state index in [1.807, 2.05) is 0 Å². The van der Waals surface area contributed by atoms with Gasteiger partial charge in [-0.2, -0.15) is 0 Å². The van der Waals surface area contributed by atoms with Crippen LogP contribution < -0.4 is 21.0 Å². The van der Waals surface area contributed by atoms with Crippen molar-refractivity contribution in [2.75, 3.05) is 7.11 Å². The lowest BCUT2D eigenvalue weighted by atomic mass is 9.79. The average Bonchev–Trinajstić information content (AvgIpc) is 2.50. The number of piperidine rings is 1. The van der Waals surface area contributed by atoms with Gasteiger partial charge in [-0.15, -0.1) is 0 Å². The summed E-state index contributed by atoms with van der Waals surface area (Å²) in [6.45, 7) is 8.68. The van der Waals surface area contributed by atoms with Crippen LogP contribution in [0.2, 0.25) is 0 Å². The molecule has 0 aliphatic carbocycles. The fourth-order valence-electron chi connectivity index (χ4n) is 4.32. The molecule has 0 spiro atoms. The topological polar surface area (TPSA) is 85.1 Å². The van der Waals surface area contributed by atoms with Crippen molar-refractivity contribution in [2.45, 2.75) is 57.7 Å². The van der Waals surface area contributed by atoms with E-state index in [1.165, 1.54) is 7.11 Å². The predicted molar refractivity (Wildman–Crippen MR) is 99.6 cm³/mol. The zero-order valence-electron chi connectivity index (χ0n) is 16.0. The van der Waals surface area contributed by atoms with Crippen LogP contribution in [0.1, 0.15) is 50.9 Å². The minimum Gasteiger partial charge on any atom is -0.493 e. The lowest BCUT2D eigenvalue weighted by molar-refractivity contribution is -0.787. The van der Waals surface area contributed by atoms with Gasteiger partial charge < -0.3 is 19.8 Å². The molecular formula is C20H27N2O4+. The highest BCUT2D eigenvalue weighted by Gasteiger charge is 2.42. The molecule has 0 unspecified atom stereocenters. The Balaban J connectivity index is 1.88. The van der Waals surface area contributed by atoms with Crippen LogP contribution in [-0.2, 0) is 0 Å². The summed E-state index contributed by atoms with van der Waals surface area (Å²) in [5.41, 5.74) is -0.218. The molecule has 1 amide bonds. The molecule has 1 aromatic carbocycles. The molecular weight excluding hydrogens is 332 g/mol. The SMILES string of the molecule is COc1cccc2cc(C(=O)NC3CC(C)(C)[NH2+]C(C)(C)C3)c(=O)oc12. The first kappa shape index (κ1) is 18.5. The van der Waals surface area contributed by atoms with Crippen LogP contribution in [0.25, 0.3) is 11.0 Å². The van der Waals surface area contributed by atoms with Crippen molar-refractivity contribution >= 4 is 16.9 Å². The van der Waals surface area contributed by atoms with Gasteiger partial charge in [-0.1, -0.05) is 12.1 Å². The van der Waals surface area contributed by atoms with E-state index >= 15 is 0 Å². The highest BCUT2D eigenvalue weighted by molar-refractivity contribution is 5.97. The van der Waals surface area contributed by atoms with Crippen LogP contribution in [0.5, 0.6) is 5.75 Å². The van der Waals surface area contributed by atoms with Crippen LogP contribution >= 0.6 is 0 Å². The van der Waals surface area contributed by atoms with Crippen molar-refractivity contribution in [1.82, 2.24) is 5.32 Å². The van der Waals surface area contributed by atoms with E-state index < -0.39 is 5.63 Å². The summed E-state index contributed by atoms with van der Waals surface area (Å²) < 4.78 is 10.6. The number of ether oxygens (including phenoxy) is 1. The van der Waals surface area contributed by atoms with Crippen molar-refractivity contribution in [3.8, 4) is 5.75 Å². The number of hydrogen-bond donors (Lipinski definition) is 2. The number of fused-ring (bicyclic) bond motifs is 1. The Morgan fingerprint density at radius 1 is 1.23 bits per heavy atom. The molecule has 6 nitrogen and oxygen atoms in total. The summed E-state index contributed by atoms with van der Waals surface area (Å²) in [5, 5.41) is 6.04. The predicted octanol–water partition coefficient (Wildman–Crippen LogP) is 1.81. The first-order valence-electron chi connectivity index (χ1n) is 8.89. The number of carbonyl (C=O) groups excluding carboxylic acids is 1. The summed E-state index contributed by atoms with van der Waals surface area (Å²) in [7, 11) is 1.51. The molecule has 3 rings (SSSR count). The van der Waals surface area contributed by atoms with E-state index in [2.05, 4.69) is 38.3 Å². The standard InChI is InChI=1S/C20H26N2O4/c1-19(2)10-13(11-20(3,4)22-19)21-17(23)14-9-12-7-6-8-15(25-5)16(12)26-18(14)24/h6-9,13,22H,10-11H2,1-5H3,(H,21,23)/p+1. The van der Waals surface area contributed by atoms with E-state index in [1.54, 1.807) is 24.3 Å². The fourth-order valence-corrected chi connectivity index (χ4v) is 4.32. The number of quaternary nitrogens is 1. The summed E-state index contributed by atoms with van der Waals surface area (Å²) in [6.07, 6.45) is 1.68. The lowest BCUT2D eigenvalue weighted by Gasteiger charge is -2.43. The van der Waals surface area contributed by atoms with E-state index in [-0.39, 0.29) is 28.6 Å². The second-order valence-electron chi connectivity index (χ2n) is 8.53. The van der Waals surface area contributed by atoms with E-state index in [9.17, 15) is 9.59 Å². The lowest BCUT2D eigenvalue weighted by Crippen LogP contribution is -3.06. The Bertz CT molecular complexity index is 882. The van der Waals surface area contributed by atoms with Crippen molar-refractivity contribution in [2.24, 2.45) is 0 Å². The Hall–Kier alpha value is -2.34. The molecule has 1 aliphatic rings. The van der Waals surface area contributed by atoms with E-state index in [0.29, 0.717) is 16.7 Å². The molecule has 140 valence electrons. The number of carbonyl (C=O) groups is 1. The minimum atomic E-state index is -0.652. The maximum absolute atomic E-state index is 12.7. The molecule has 0 bridgehead atoms. The second kappa shape index (κ2) is 6.43. The molecule has 1 fully saturated rings. The van der Waals surface area contributed by atoms with Gasteiger partial charge in [-0.25, -0.2) is 4.79 Å². The molecule has 3 N–H and O–H groups in total. The molecule has 6 heteroatoms. The highest BCUT2D eigenvalue weighted by atomic mass is 16.5. The molecule has 0 atom stereocenters. The van der Waals surface area contributed by atoms with Crippen LogP contribution in [0.15, 0.2) is 33.5 Å². The van der Waals surface area contributed by atoms with Crippen LogP contribution in [-0.4, -0.2) is 30.1 Å². The molecule has 2 heterocycles. The number of hydrogen-bond acceptors (Lipinski definition) is 4. The smallest absolute Gasteiger partial charge is 0.349 e. The Morgan fingerprint density at radius 2 is 1.88 bits per heavy atom. The molecule has 2 aromatic rings. The largest absolute Gasteiger partial charge is 0.493 e. The second-order valence-corrected chi connectivity index (χ2v) is 8.53. The van der Waals surface area contributed by atoms with Crippen LogP contribution in [0, 0.1) is 0 Å². The number of para-hydroxylation sites is 1. The first-order chi connectivity index (χ1) is 12.1. The van der Waals surface area contributed by atoms with Crippen molar-refractivity contribution < 1.29 is 19.3 Å². The summed E-state index contributed by atoms with van der Waals surface area (Å²) in [6, 6.07) is 6.89. The van der Waals surface area contributed by atoms with Crippen molar-refractivity contribution in [3.63, 3.8) is 0 Å². The molecule has 1 aromatic heterocycles. The zero-order chi connectivity index (χ0) is 19.1. The van der Waals surface area contributed by atoms with Gasteiger partial charge in [0.1, 0.15) is 5.56 Å². The monoisotopic (exact) mass is 359 g/mol. The van der Waals surface area contributed by atoms with Gasteiger partial charge in [0.05, 0.1) is 18.2 Å². The zero-order valence-corrected chi connectivity index (χ0v) is 16.0. The number of rotatable bonds is 3. The van der Waals surface area contributed by atoms with E-state index in [0.717, 1.165) is 12.8 Å². The number of methoxy groups -OCH3 is 1. The average molecular weight is 359 g/mol. The summed E-state index contributed by atoms with van der Waals surface area (Å²) in [4.78, 5) is 25.1. The third-order valence-corrected chi connectivity index (χ3v) is 4.85. The molecule has 26 heavy (non-hydrogen) atoms. The molecule has 0 radical (unpaired) electrons. The van der Waals surface area contributed by atoms with Gasteiger partial charge in [0.25, 0.3) is 5.91 Å². The van der Waals surface area contributed by atoms with E-state index in [4.69, 9.17) is 9.15 Å². The third kappa shape index (κ3) is 3.75. The first-order valence-corrected chi connectivity index (χ1v) is 8.89. The number of nitrogens with two attached hydrogens (primary N) is 1. The van der Waals surface area contributed by atoms with Gasteiger partial charge in [-0.3, -0.25) is 4.79 Å². The molecule has 0 saturated carbocycles. The Labute approximate surface area is 152 Å². The number of amides is 1. The molecule has 1 aliphatic heterocycles. The third-order valence-electron chi connectivity index (χ3n) is 4.85. The Kier molecular flexibility index (Phi) is 4.56. The maximum Gasteiger partial charge on any atom is 0.349 e. The molecule has 1 saturated heterocycles. The van der Waals surface area contributed by atoms with Gasteiger partial charge >= 0.3 is 5.63 Å². The maximum atomic E-state index is 12.7. The van der Waals surface area contributed by atoms with Crippen molar-refractivity contribution in [3.05, 3.63) is 40.2 Å². The number of nitrogens with one attached hydrogen (secondary N) is 1. The normalized spacial score (nSPS) is 19.3. The van der Waals surface area contributed by atoms with Crippen LogP contribution in [0.4, 0.5) is 0 Å². The van der Waals surface area contributed by atoms with Crippen molar-refractivity contribution in [1.29, 1.82) is 0 Å².